The van der Waals surface area contributed by atoms with Crippen LogP contribution in [0.15, 0.2) is 30.3 Å². The summed E-state index contributed by atoms with van der Waals surface area (Å²) < 4.78 is 5.99. The Labute approximate surface area is 149 Å². The van der Waals surface area contributed by atoms with Crippen molar-refractivity contribution in [2.24, 2.45) is 0 Å². The standard InChI is InChI=1S/C21H25N3O/c1-13-3-6-18-14(9-13)12-25-21-19(18)7-8-20(23-21)24(2)17-10-15-4-5-16(11-17)22-15/h3,6-9,15-17,22H,4-5,10-12H2,1-2H3/t15-,16+,17?. The van der Waals surface area contributed by atoms with Crippen LogP contribution in [0.1, 0.15) is 36.8 Å². The van der Waals surface area contributed by atoms with Gasteiger partial charge in [-0.1, -0.05) is 23.8 Å². The molecule has 4 nitrogen and oxygen atoms in total. The fraction of sp³-hybridized carbons (Fsp3) is 0.476. The smallest absolute Gasteiger partial charge is 0.223 e. The van der Waals surface area contributed by atoms with Gasteiger partial charge in [0.15, 0.2) is 0 Å². The molecule has 0 amide bonds. The van der Waals surface area contributed by atoms with Crippen LogP contribution in [-0.4, -0.2) is 30.2 Å². The predicted octanol–water partition coefficient (Wildman–Crippen LogP) is 3.67. The van der Waals surface area contributed by atoms with Crippen molar-refractivity contribution in [2.75, 3.05) is 11.9 Å². The van der Waals surface area contributed by atoms with Crippen molar-refractivity contribution in [3.05, 3.63) is 41.5 Å². The second-order valence-corrected chi connectivity index (χ2v) is 7.85. The molecule has 4 heterocycles. The van der Waals surface area contributed by atoms with Gasteiger partial charge in [-0.3, -0.25) is 0 Å². The molecule has 2 aromatic rings. The molecule has 0 saturated carbocycles. The van der Waals surface area contributed by atoms with Crippen LogP contribution in [0.25, 0.3) is 11.1 Å². The van der Waals surface area contributed by atoms with Crippen molar-refractivity contribution in [3.63, 3.8) is 0 Å². The molecule has 25 heavy (non-hydrogen) atoms. The Morgan fingerprint density at radius 1 is 1.08 bits per heavy atom. The van der Waals surface area contributed by atoms with Crippen molar-refractivity contribution in [3.8, 4) is 17.0 Å². The van der Waals surface area contributed by atoms with E-state index in [9.17, 15) is 0 Å². The van der Waals surface area contributed by atoms with Crippen LogP contribution in [0.4, 0.5) is 5.82 Å². The van der Waals surface area contributed by atoms with Crippen molar-refractivity contribution in [2.45, 2.75) is 57.3 Å². The summed E-state index contributed by atoms with van der Waals surface area (Å²) in [4.78, 5) is 7.23. The number of nitrogens with zero attached hydrogens (tertiary/aromatic N) is 2. The fourth-order valence-electron chi connectivity index (χ4n) is 4.72. The van der Waals surface area contributed by atoms with Crippen molar-refractivity contribution in [1.29, 1.82) is 0 Å². The van der Waals surface area contributed by atoms with E-state index in [4.69, 9.17) is 9.72 Å². The van der Waals surface area contributed by atoms with E-state index in [2.05, 4.69) is 54.5 Å². The Kier molecular flexibility index (Phi) is 3.49. The second-order valence-electron chi connectivity index (χ2n) is 7.85. The van der Waals surface area contributed by atoms with Crippen molar-refractivity contribution < 1.29 is 4.74 Å². The van der Waals surface area contributed by atoms with E-state index in [1.54, 1.807) is 0 Å². The molecule has 3 aliphatic rings. The van der Waals surface area contributed by atoms with Crippen LogP contribution in [0.3, 0.4) is 0 Å². The van der Waals surface area contributed by atoms with Gasteiger partial charge in [0.1, 0.15) is 12.4 Å². The molecule has 3 aliphatic heterocycles. The third-order valence-corrected chi connectivity index (χ3v) is 6.12. The number of hydrogen-bond acceptors (Lipinski definition) is 4. The number of aryl methyl sites for hydroxylation is 1. The highest BCUT2D eigenvalue weighted by Gasteiger charge is 2.35. The third-order valence-electron chi connectivity index (χ3n) is 6.12. The van der Waals surface area contributed by atoms with Gasteiger partial charge in [0.2, 0.25) is 5.88 Å². The fourth-order valence-corrected chi connectivity index (χ4v) is 4.72. The van der Waals surface area contributed by atoms with E-state index in [1.165, 1.54) is 42.4 Å². The van der Waals surface area contributed by atoms with Crippen LogP contribution >= 0.6 is 0 Å². The van der Waals surface area contributed by atoms with E-state index in [-0.39, 0.29) is 0 Å². The summed E-state index contributed by atoms with van der Waals surface area (Å²) in [5.41, 5.74) is 4.90. The third kappa shape index (κ3) is 2.60. The van der Waals surface area contributed by atoms with Crippen LogP contribution in [0.5, 0.6) is 5.88 Å². The van der Waals surface area contributed by atoms with Crippen LogP contribution in [0.2, 0.25) is 0 Å². The Bertz CT molecular complexity index is 807. The molecule has 1 aromatic heterocycles. The highest BCUT2D eigenvalue weighted by molar-refractivity contribution is 5.75. The first-order valence-electron chi connectivity index (χ1n) is 9.40. The molecule has 1 unspecified atom stereocenters. The minimum Gasteiger partial charge on any atom is -0.472 e. The zero-order valence-corrected chi connectivity index (χ0v) is 15.0. The number of hydrogen-bond donors (Lipinski definition) is 1. The minimum absolute atomic E-state index is 0.572. The molecule has 1 N–H and O–H groups in total. The topological polar surface area (TPSA) is 37.4 Å². The van der Waals surface area contributed by atoms with Gasteiger partial charge in [0.05, 0.1) is 0 Å². The molecule has 130 valence electrons. The van der Waals surface area contributed by atoms with Crippen molar-refractivity contribution in [1.82, 2.24) is 10.3 Å². The molecule has 4 heteroatoms. The van der Waals surface area contributed by atoms with Crippen molar-refractivity contribution >= 4 is 5.82 Å². The van der Waals surface area contributed by atoms with Gasteiger partial charge < -0.3 is 15.0 Å². The highest BCUT2D eigenvalue weighted by atomic mass is 16.5. The van der Waals surface area contributed by atoms with Gasteiger partial charge in [-0.2, -0.15) is 4.98 Å². The number of aromatic nitrogens is 1. The molecule has 5 rings (SSSR count). The average molecular weight is 335 g/mol. The van der Waals surface area contributed by atoms with E-state index in [0.29, 0.717) is 24.7 Å². The summed E-state index contributed by atoms with van der Waals surface area (Å²) in [6.45, 7) is 2.74. The van der Waals surface area contributed by atoms with E-state index in [1.807, 2.05) is 0 Å². The lowest BCUT2D eigenvalue weighted by molar-refractivity contribution is 0.289. The molecule has 0 spiro atoms. The van der Waals surface area contributed by atoms with Gasteiger partial charge in [-0.05, 0) is 55.9 Å². The SMILES string of the molecule is Cc1ccc2c(c1)COc1nc(N(C)C3C[C@H]4CC[C@@H](C3)N4)ccc1-2. The molecule has 3 atom stereocenters. The average Bonchev–Trinajstić information content (AvgIpc) is 2.98. The molecular formula is C21H25N3O. The molecule has 2 fully saturated rings. The number of pyridine rings is 1. The van der Waals surface area contributed by atoms with Gasteiger partial charge in [-0.25, -0.2) is 0 Å². The molecule has 2 saturated heterocycles. The van der Waals surface area contributed by atoms with E-state index >= 15 is 0 Å². The first kappa shape index (κ1) is 15.2. The summed E-state index contributed by atoms with van der Waals surface area (Å²) >= 11 is 0. The zero-order valence-electron chi connectivity index (χ0n) is 15.0. The Balaban J connectivity index is 1.44. The molecule has 0 radical (unpaired) electrons. The van der Waals surface area contributed by atoms with E-state index in [0.717, 1.165) is 17.3 Å². The number of ether oxygens (including phenoxy) is 1. The first-order valence-corrected chi connectivity index (χ1v) is 9.40. The molecule has 2 bridgehead atoms. The number of piperidine rings is 1. The quantitative estimate of drug-likeness (QED) is 0.909. The van der Waals surface area contributed by atoms with Crippen LogP contribution in [-0.2, 0) is 6.61 Å². The zero-order chi connectivity index (χ0) is 17.0. The Morgan fingerprint density at radius 3 is 2.64 bits per heavy atom. The van der Waals surface area contributed by atoms with Gasteiger partial charge in [0.25, 0.3) is 0 Å². The van der Waals surface area contributed by atoms with Gasteiger partial charge >= 0.3 is 0 Å². The number of nitrogens with one attached hydrogen (secondary N) is 1. The second kappa shape index (κ2) is 5.73. The summed E-state index contributed by atoms with van der Waals surface area (Å²) in [6.07, 6.45) is 5.08. The lowest BCUT2D eigenvalue weighted by Crippen LogP contribution is -2.47. The minimum atomic E-state index is 0.572. The molecule has 0 aliphatic carbocycles. The first-order chi connectivity index (χ1) is 12.2. The lowest BCUT2D eigenvalue weighted by Gasteiger charge is -2.36. The molecular weight excluding hydrogens is 310 g/mol. The largest absolute Gasteiger partial charge is 0.472 e. The Morgan fingerprint density at radius 2 is 1.84 bits per heavy atom. The number of fused-ring (bicyclic) bond motifs is 5. The van der Waals surface area contributed by atoms with Crippen LogP contribution < -0.4 is 15.0 Å². The summed E-state index contributed by atoms with van der Waals surface area (Å²) in [7, 11) is 2.18. The summed E-state index contributed by atoms with van der Waals surface area (Å²) in [5, 5.41) is 3.72. The normalized spacial score (nSPS) is 26.6. The maximum Gasteiger partial charge on any atom is 0.223 e. The molecule has 1 aromatic carbocycles. The summed E-state index contributed by atoms with van der Waals surface area (Å²) in [6, 6.07) is 12.9. The monoisotopic (exact) mass is 335 g/mol. The number of rotatable bonds is 2. The van der Waals surface area contributed by atoms with E-state index < -0.39 is 0 Å². The summed E-state index contributed by atoms with van der Waals surface area (Å²) in [5.74, 6) is 1.80. The Hall–Kier alpha value is -2.07. The van der Waals surface area contributed by atoms with Gasteiger partial charge in [0, 0.05) is 30.7 Å². The highest BCUT2D eigenvalue weighted by Crippen LogP contribution is 2.38. The predicted molar refractivity (Wildman–Crippen MR) is 100 cm³/mol. The lowest BCUT2D eigenvalue weighted by atomic mass is 9.96. The number of benzene rings is 1. The number of anilines is 1. The maximum atomic E-state index is 5.99. The van der Waals surface area contributed by atoms with Crippen LogP contribution in [0, 0.1) is 6.92 Å². The van der Waals surface area contributed by atoms with Gasteiger partial charge in [-0.15, -0.1) is 0 Å². The maximum absolute atomic E-state index is 5.99.